The lowest BCUT2D eigenvalue weighted by Crippen LogP contribution is -2.35. The molecule has 0 saturated carbocycles. The Bertz CT molecular complexity index is 1150. The summed E-state index contributed by atoms with van der Waals surface area (Å²) in [5, 5.41) is 2.82. The third-order valence-electron chi connectivity index (χ3n) is 4.73. The molecule has 8 nitrogen and oxygen atoms in total. The van der Waals surface area contributed by atoms with Crippen LogP contribution in [0.5, 0.6) is 0 Å². The van der Waals surface area contributed by atoms with E-state index in [-0.39, 0.29) is 21.3 Å². The number of nitrogens with zero attached hydrogens (tertiary/aromatic N) is 1. The number of sulfonamides is 1. The van der Waals surface area contributed by atoms with Crippen LogP contribution in [0, 0.1) is 0 Å². The molecule has 2 aromatic rings. The highest BCUT2D eigenvalue weighted by atomic mass is 35.5. The van der Waals surface area contributed by atoms with Crippen molar-refractivity contribution in [1.82, 2.24) is 0 Å². The van der Waals surface area contributed by atoms with Gasteiger partial charge in [-0.2, -0.15) is 0 Å². The summed E-state index contributed by atoms with van der Waals surface area (Å²) in [7, 11) is -1.60. The molecule has 0 radical (unpaired) electrons. The number of carbonyl (C=O) groups excluding carboxylic acids is 2. The van der Waals surface area contributed by atoms with Gasteiger partial charge in [0.1, 0.15) is 5.70 Å². The van der Waals surface area contributed by atoms with E-state index >= 15 is 0 Å². The number of anilines is 2. The summed E-state index contributed by atoms with van der Waals surface area (Å²) < 4.78 is 37.3. The van der Waals surface area contributed by atoms with Crippen LogP contribution < -0.4 is 9.62 Å². The third-order valence-corrected chi connectivity index (χ3v) is 6.87. The maximum absolute atomic E-state index is 13.4. The second-order valence-corrected chi connectivity index (χ2v) is 8.92. The molecule has 1 aliphatic heterocycles. The number of para-hydroxylation sites is 1. The number of hydrogen-bond acceptors (Lipinski definition) is 7. The molecule has 0 amide bonds. The van der Waals surface area contributed by atoms with Crippen LogP contribution in [0.15, 0.2) is 59.1 Å². The first-order valence-electron chi connectivity index (χ1n) is 9.33. The number of esters is 2. The fourth-order valence-electron chi connectivity index (χ4n) is 3.21. The first-order chi connectivity index (χ1) is 14.8. The smallest absolute Gasteiger partial charge is 0.354 e. The van der Waals surface area contributed by atoms with E-state index in [2.05, 4.69) is 14.8 Å². The zero-order chi connectivity index (χ0) is 22.6. The number of benzene rings is 2. The third kappa shape index (κ3) is 4.83. The van der Waals surface area contributed by atoms with Gasteiger partial charge in [-0.15, -0.1) is 0 Å². The fraction of sp³-hybridized carbons (Fsp3) is 0.238. The average molecular weight is 465 g/mol. The summed E-state index contributed by atoms with van der Waals surface area (Å²) in [5.41, 5.74) is 1.46. The van der Waals surface area contributed by atoms with Crippen molar-refractivity contribution >= 4 is 44.9 Å². The summed E-state index contributed by atoms with van der Waals surface area (Å²) in [6.45, 7) is 0.348. The van der Waals surface area contributed by atoms with Gasteiger partial charge in [-0.25, -0.2) is 18.0 Å². The SMILES string of the molecule is COC(=O)/C=C(/Nc1cc(S(=O)(=O)N2CCCc3ccccc32)ccc1Cl)C(=O)OC. The van der Waals surface area contributed by atoms with Crippen molar-refractivity contribution in [2.45, 2.75) is 17.7 Å². The van der Waals surface area contributed by atoms with E-state index in [0.29, 0.717) is 18.7 Å². The molecule has 0 bridgehead atoms. The molecule has 3 rings (SSSR count). The van der Waals surface area contributed by atoms with Gasteiger partial charge in [0.25, 0.3) is 10.0 Å². The maximum Gasteiger partial charge on any atom is 0.354 e. The molecule has 0 unspecified atom stereocenters. The molecule has 31 heavy (non-hydrogen) atoms. The zero-order valence-corrected chi connectivity index (χ0v) is 18.5. The van der Waals surface area contributed by atoms with Crippen molar-refractivity contribution in [3.05, 3.63) is 64.8 Å². The highest BCUT2D eigenvalue weighted by Crippen LogP contribution is 2.34. The van der Waals surface area contributed by atoms with E-state index in [1.54, 1.807) is 12.1 Å². The molecule has 1 heterocycles. The molecule has 1 aliphatic rings. The van der Waals surface area contributed by atoms with Gasteiger partial charge in [-0.1, -0.05) is 29.8 Å². The lowest BCUT2D eigenvalue weighted by atomic mass is 10.0. The predicted molar refractivity (Wildman–Crippen MR) is 116 cm³/mol. The normalized spacial score (nSPS) is 13.9. The van der Waals surface area contributed by atoms with Crippen molar-refractivity contribution in [3.63, 3.8) is 0 Å². The van der Waals surface area contributed by atoms with Crippen LogP contribution in [0.2, 0.25) is 5.02 Å². The number of rotatable bonds is 6. The Balaban J connectivity index is 2.00. The van der Waals surface area contributed by atoms with Gasteiger partial charge in [-0.3, -0.25) is 4.31 Å². The van der Waals surface area contributed by atoms with Crippen molar-refractivity contribution in [1.29, 1.82) is 0 Å². The number of ether oxygens (including phenoxy) is 2. The number of fused-ring (bicyclic) bond motifs is 1. The minimum atomic E-state index is -3.90. The highest BCUT2D eigenvalue weighted by molar-refractivity contribution is 7.92. The standard InChI is InChI=1S/C21H21ClN2O6S/c1-29-20(25)13-18(21(26)30-2)23-17-12-15(9-10-16(17)22)31(27,28)24-11-5-7-14-6-3-4-8-19(14)24/h3-4,6,8-10,12-13,23H,5,7,11H2,1-2H3/b18-13+. The summed E-state index contributed by atoms with van der Waals surface area (Å²) in [5.74, 6) is -1.64. The molecule has 0 saturated heterocycles. The van der Waals surface area contributed by atoms with Crippen LogP contribution in [0.3, 0.4) is 0 Å². The Morgan fingerprint density at radius 1 is 1.13 bits per heavy atom. The predicted octanol–water partition coefficient (Wildman–Crippen LogP) is 3.12. The largest absolute Gasteiger partial charge is 0.466 e. The van der Waals surface area contributed by atoms with Crippen molar-refractivity contribution < 1.29 is 27.5 Å². The minimum Gasteiger partial charge on any atom is -0.466 e. The Labute approximate surface area is 185 Å². The maximum atomic E-state index is 13.4. The van der Waals surface area contributed by atoms with Crippen molar-refractivity contribution in [3.8, 4) is 0 Å². The lowest BCUT2D eigenvalue weighted by Gasteiger charge is -2.30. The topological polar surface area (TPSA) is 102 Å². The number of halogens is 1. The Kier molecular flexibility index (Phi) is 6.87. The number of methoxy groups -OCH3 is 2. The van der Waals surface area contributed by atoms with E-state index < -0.39 is 22.0 Å². The molecule has 0 aromatic heterocycles. The van der Waals surface area contributed by atoms with Gasteiger partial charge in [0.05, 0.1) is 41.6 Å². The molecule has 0 aliphatic carbocycles. The molecule has 0 fully saturated rings. The Hall–Kier alpha value is -3.04. The van der Waals surface area contributed by atoms with Gasteiger partial charge in [-0.05, 0) is 42.7 Å². The summed E-state index contributed by atoms with van der Waals surface area (Å²) >= 11 is 6.21. The van der Waals surface area contributed by atoms with E-state index in [0.717, 1.165) is 32.3 Å². The molecule has 164 valence electrons. The zero-order valence-electron chi connectivity index (χ0n) is 16.9. The van der Waals surface area contributed by atoms with Crippen LogP contribution in [0.25, 0.3) is 0 Å². The molecule has 0 atom stereocenters. The Morgan fingerprint density at radius 2 is 1.87 bits per heavy atom. The number of hydrogen-bond donors (Lipinski definition) is 1. The van der Waals surface area contributed by atoms with E-state index in [4.69, 9.17) is 11.6 Å². The number of aryl methyl sites for hydroxylation is 1. The fourth-order valence-corrected chi connectivity index (χ4v) is 4.95. The summed E-state index contributed by atoms with van der Waals surface area (Å²) in [6.07, 6.45) is 2.39. The van der Waals surface area contributed by atoms with Crippen LogP contribution in [0.1, 0.15) is 12.0 Å². The van der Waals surface area contributed by atoms with Crippen LogP contribution >= 0.6 is 11.6 Å². The second kappa shape index (κ2) is 9.40. The number of nitrogens with one attached hydrogen (secondary N) is 1. The number of carbonyl (C=O) groups is 2. The molecule has 0 spiro atoms. The molecule has 1 N–H and O–H groups in total. The first-order valence-corrected chi connectivity index (χ1v) is 11.1. The van der Waals surface area contributed by atoms with E-state index in [9.17, 15) is 18.0 Å². The second-order valence-electron chi connectivity index (χ2n) is 6.65. The molecule has 2 aromatic carbocycles. The summed E-state index contributed by atoms with van der Waals surface area (Å²) in [6, 6.07) is 11.5. The van der Waals surface area contributed by atoms with Crippen LogP contribution in [-0.4, -0.2) is 41.1 Å². The van der Waals surface area contributed by atoms with E-state index in [1.807, 2.05) is 12.1 Å². The van der Waals surface area contributed by atoms with Crippen LogP contribution in [0.4, 0.5) is 11.4 Å². The Morgan fingerprint density at radius 3 is 2.58 bits per heavy atom. The van der Waals surface area contributed by atoms with E-state index in [1.165, 1.54) is 22.5 Å². The quantitative estimate of drug-likeness (QED) is 0.517. The first kappa shape index (κ1) is 22.6. The lowest BCUT2D eigenvalue weighted by molar-refractivity contribution is -0.138. The highest BCUT2D eigenvalue weighted by Gasteiger charge is 2.29. The van der Waals surface area contributed by atoms with Gasteiger partial charge in [0.2, 0.25) is 0 Å². The van der Waals surface area contributed by atoms with Crippen LogP contribution in [-0.2, 0) is 35.5 Å². The van der Waals surface area contributed by atoms with Crippen molar-refractivity contribution in [2.24, 2.45) is 0 Å². The van der Waals surface area contributed by atoms with Gasteiger partial charge >= 0.3 is 11.9 Å². The monoisotopic (exact) mass is 464 g/mol. The molecular formula is C21H21ClN2O6S. The molecular weight excluding hydrogens is 444 g/mol. The van der Waals surface area contributed by atoms with Gasteiger partial charge in [0.15, 0.2) is 0 Å². The van der Waals surface area contributed by atoms with Crippen molar-refractivity contribution in [2.75, 3.05) is 30.4 Å². The molecule has 10 heteroatoms. The van der Waals surface area contributed by atoms with Gasteiger partial charge in [0, 0.05) is 6.54 Å². The van der Waals surface area contributed by atoms with Gasteiger partial charge < -0.3 is 14.8 Å². The minimum absolute atomic E-state index is 0.0154. The summed E-state index contributed by atoms with van der Waals surface area (Å²) in [4.78, 5) is 23.6. The average Bonchev–Trinajstić information content (AvgIpc) is 2.78.